The first-order valence-corrected chi connectivity index (χ1v) is 7.14. The van der Waals surface area contributed by atoms with Crippen LogP contribution in [-0.4, -0.2) is 27.0 Å². The minimum Gasteiger partial charge on any atom is -0.481 e. The first-order valence-electron chi connectivity index (χ1n) is 7.14. The van der Waals surface area contributed by atoms with Gasteiger partial charge in [0, 0.05) is 19.0 Å². The van der Waals surface area contributed by atoms with Gasteiger partial charge in [0.25, 0.3) is 0 Å². The van der Waals surface area contributed by atoms with E-state index in [9.17, 15) is 9.59 Å². The minimum atomic E-state index is -0.937. The zero-order valence-electron chi connectivity index (χ0n) is 12.7. The highest BCUT2D eigenvalue weighted by Crippen LogP contribution is 2.24. The summed E-state index contributed by atoms with van der Waals surface area (Å²) in [4.78, 5) is 30.0. The Kier molecular flexibility index (Phi) is 5.89. The summed E-state index contributed by atoms with van der Waals surface area (Å²) in [6, 6.07) is 6.60. The predicted octanol–water partition coefficient (Wildman–Crippen LogP) is 2.67. The van der Waals surface area contributed by atoms with E-state index in [1.54, 1.807) is 36.7 Å². The first kappa shape index (κ1) is 17.0. The summed E-state index contributed by atoms with van der Waals surface area (Å²) in [6.45, 7) is 0. The summed E-state index contributed by atoms with van der Waals surface area (Å²) < 4.78 is 0. The van der Waals surface area contributed by atoms with Crippen molar-refractivity contribution in [3.8, 4) is 0 Å². The third kappa shape index (κ3) is 5.44. The van der Waals surface area contributed by atoms with Crippen molar-refractivity contribution in [1.82, 2.24) is 9.97 Å². The Morgan fingerprint density at radius 2 is 2.04 bits per heavy atom. The number of carboxylic acids is 1. The van der Waals surface area contributed by atoms with Crippen LogP contribution in [0.2, 0.25) is 0 Å². The Labute approximate surface area is 137 Å². The van der Waals surface area contributed by atoms with Gasteiger partial charge in [-0.25, -0.2) is 4.98 Å². The molecular weight excluding hydrogens is 312 g/mol. The Morgan fingerprint density at radius 1 is 1.21 bits per heavy atom. The number of rotatable bonds is 7. The highest BCUT2D eigenvalue weighted by atomic mass is 16.4. The van der Waals surface area contributed by atoms with E-state index in [1.807, 2.05) is 0 Å². The average Bonchev–Trinajstić information content (AvgIpc) is 2.54. The van der Waals surface area contributed by atoms with Crippen molar-refractivity contribution in [2.75, 3.05) is 11.1 Å². The van der Waals surface area contributed by atoms with E-state index in [0.29, 0.717) is 11.4 Å². The van der Waals surface area contributed by atoms with E-state index in [4.69, 9.17) is 10.8 Å². The van der Waals surface area contributed by atoms with Crippen LogP contribution in [0, 0.1) is 0 Å². The van der Waals surface area contributed by atoms with E-state index in [-0.39, 0.29) is 36.8 Å². The second-order valence-corrected chi connectivity index (χ2v) is 4.81. The molecule has 0 spiro atoms. The van der Waals surface area contributed by atoms with Crippen molar-refractivity contribution in [2.24, 2.45) is 10.2 Å². The lowest BCUT2D eigenvalue weighted by atomic mass is 10.2. The average molecular weight is 328 g/mol. The SMILES string of the molecule is Nc1nc(NC(=O)CCCC(=O)O)ccc1/N=N/c1cccnc1. The predicted molar refractivity (Wildman–Crippen MR) is 87.2 cm³/mol. The Bertz CT molecular complexity index is 748. The monoisotopic (exact) mass is 328 g/mol. The zero-order chi connectivity index (χ0) is 17.4. The van der Waals surface area contributed by atoms with Gasteiger partial charge in [0.1, 0.15) is 17.2 Å². The number of anilines is 2. The van der Waals surface area contributed by atoms with Crippen LogP contribution < -0.4 is 11.1 Å². The second-order valence-electron chi connectivity index (χ2n) is 4.81. The Hall–Kier alpha value is -3.36. The fraction of sp³-hybridized carbons (Fsp3) is 0.200. The fourth-order valence-electron chi connectivity index (χ4n) is 1.75. The van der Waals surface area contributed by atoms with Gasteiger partial charge in [0.05, 0.1) is 6.20 Å². The molecule has 0 fully saturated rings. The molecule has 9 heteroatoms. The quantitative estimate of drug-likeness (QED) is 0.667. The van der Waals surface area contributed by atoms with Crippen LogP contribution in [0.15, 0.2) is 46.9 Å². The molecule has 2 rings (SSSR count). The molecule has 0 radical (unpaired) electrons. The number of pyridine rings is 2. The van der Waals surface area contributed by atoms with E-state index >= 15 is 0 Å². The number of azo groups is 1. The molecule has 0 saturated heterocycles. The second kappa shape index (κ2) is 8.32. The van der Waals surface area contributed by atoms with Gasteiger partial charge in [-0.2, -0.15) is 0 Å². The molecule has 1 amide bonds. The number of nitrogen functional groups attached to an aromatic ring is 1. The molecule has 0 bridgehead atoms. The zero-order valence-corrected chi connectivity index (χ0v) is 12.7. The van der Waals surface area contributed by atoms with Gasteiger partial charge in [-0.15, -0.1) is 10.2 Å². The maximum Gasteiger partial charge on any atom is 0.303 e. The maximum atomic E-state index is 11.7. The van der Waals surface area contributed by atoms with Crippen LogP contribution >= 0.6 is 0 Å². The first-order chi connectivity index (χ1) is 11.5. The van der Waals surface area contributed by atoms with Gasteiger partial charge in [-0.3, -0.25) is 14.6 Å². The number of nitrogens with zero attached hydrogens (tertiary/aromatic N) is 4. The third-order valence-electron chi connectivity index (χ3n) is 2.88. The molecule has 0 aliphatic rings. The molecule has 24 heavy (non-hydrogen) atoms. The standard InChI is InChI=1S/C15H16N6O3/c16-15-11(21-20-10-3-2-8-17-9-10)6-7-12(19-15)18-13(22)4-1-5-14(23)24/h2-3,6-9H,1,4-5H2,(H,23,24)(H3,16,18,19,22)/b21-20+. The maximum absolute atomic E-state index is 11.7. The molecule has 0 atom stereocenters. The highest BCUT2D eigenvalue weighted by Gasteiger charge is 2.07. The smallest absolute Gasteiger partial charge is 0.303 e. The summed E-state index contributed by atoms with van der Waals surface area (Å²) >= 11 is 0. The molecule has 0 aromatic carbocycles. The molecule has 9 nitrogen and oxygen atoms in total. The number of hydrogen-bond donors (Lipinski definition) is 3. The number of carboxylic acid groups (broad SMARTS) is 1. The number of carbonyl (C=O) groups excluding carboxylic acids is 1. The number of nitrogens with two attached hydrogens (primary N) is 1. The summed E-state index contributed by atoms with van der Waals surface area (Å²) in [5.41, 5.74) is 6.73. The number of amides is 1. The van der Waals surface area contributed by atoms with Crippen molar-refractivity contribution in [3.05, 3.63) is 36.7 Å². The van der Waals surface area contributed by atoms with E-state index in [0.717, 1.165) is 0 Å². The summed E-state index contributed by atoms with van der Waals surface area (Å²) in [7, 11) is 0. The van der Waals surface area contributed by atoms with E-state index in [2.05, 4.69) is 25.5 Å². The Balaban J connectivity index is 1.95. The van der Waals surface area contributed by atoms with Crippen molar-refractivity contribution in [3.63, 3.8) is 0 Å². The van der Waals surface area contributed by atoms with E-state index in [1.165, 1.54) is 0 Å². The summed E-state index contributed by atoms with van der Waals surface area (Å²) in [6.07, 6.45) is 3.47. The number of hydrogen-bond acceptors (Lipinski definition) is 7. The molecular formula is C15H16N6O3. The van der Waals surface area contributed by atoms with Gasteiger partial charge in [-0.1, -0.05) is 0 Å². The molecule has 0 aliphatic heterocycles. The van der Waals surface area contributed by atoms with Crippen LogP contribution in [0.25, 0.3) is 0 Å². The number of carbonyl (C=O) groups is 2. The summed E-state index contributed by atoms with van der Waals surface area (Å²) in [5, 5.41) is 19.1. The number of aromatic nitrogens is 2. The topological polar surface area (TPSA) is 143 Å². The number of aliphatic carboxylic acids is 1. The molecule has 124 valence electrons. The van der Waals surface area contributed by atoms with Crippen molar-refractivity contribution >= 4 is 34.9 Å². The van der Waals surface area contributed by atoms with Crippen LogP contribution in [0.1, 0.15) is 19.3 Å². The molecule has 0 saturated carbocycles. The van der Waals surface area contributed by atoms with Crippen molar-refractivity contribution in [2.45, 2.75) is 19.3 Å². The third-order valence-corrected chi connectivity index (χ3v) is 2.88. The molecule has 2 aromatic rings. The van der Waals surface area contributed by atoms with Gasteiger partial charge >= 0.3 is 5.97 Å². The summed E-state index contributed by atoms with van der Waals surface area (Å²) in [5.74, 6) is -0.875. The lowest BCUT2D eigenvalue weighted by Crippen LogP contribution is -2.13. The molecule has 4 N–H and O–H groups in total. The number of nitrogens with one attached hydrogen (secondary N) is 1. The minimum absolute atomic E-state index is 0.0589. The lowest BCUT2D eigenvalue weighted by Gasteiger charge is -2.05. The molecule has 2 heterocycles. The molecule has 0 unspecified atom stereocenters. The Morgan fingerprint density at radius 3 is 2.71 bits per heavy atom. The van der Waals surface area contributed by atoms with Gasteiger partial charge in [0.2, 0.25) is 5.91 Å². The molecule has 0 aliphatic carbocycles. The van der Waals surface area contributed by atoms with Crippen LogP contribution in [0.5, 0.6) is 0 Å². The van der Waals surface area contributed by atoms with Gasteiger partial charge in [0.15, 0.2) is 5.82 Å². The van der Waals surface area contributed by atoms with Crippen molar-refractivity contribution < 1.29 is 14.7 Å². The van der Waals surface area contributed by atoms with E-state index < -0.39 is 5.97 Å². The van der Waals surface area contributed by atoms with Gasteiger partial charge in [-0.05, 0) is 30.7 Å². The fourth-order valence-corrected chi connectivity index (χ4v) is 1.75. The molecule has 2 aromatic heterocycles. The largest absolute Gasteiger partial charge is 0.481 e. The highest BCUT2D eigenvalue weighted by molar-refractivity contribution is 5.90. The van der Waals surface area contributed by atoms with Crippen molar-refractivity contribution in [1.29, 1.82) is 0 Å². The normalized spacial score (nSPS) is 10.7. The van der Waals surface area contributed by atoms with Gasteiger partial charge < -0.3 is 16.2 Å². The van der Waals surface area contributed by atoms with Crippen LogP contribution in [0.4, 0.5) is 23.0 Å². The van der Waals surface area contributed by atoms with Crippen LogP contribution in [-0.2, 0) is 9.59 Å². The lowest BCUT2D eigenvalue weighted by molar-refractivity contribution is -0.137. The van der Waals surface area contributed by atoms with Crippen LogP contribution in [0.3, 0.4) is 0 Å².